The van der Waals surface area contributed by atoms with Gasteiger partial charge < -0.3 is 10.1 Å². The smallest absolute Gasteiger partial charge is 0.239 e. The Hall–Kier alpha value is -1.40. The summed E-state index contributed by atoms with van der Waals surface area (Å²) in [4.78, 5) is 8.21. The minimum Gasteiger partial charge on any atom is -0.380 e. The highest BCUT2D eigenvalue weighted by molar-refractivity contribution is 5.41. The van der Waals surface area contributed by atoms with Crippen LogP contribution in [-0.4, -0.2) is 29.7 Å². The van der Waals surface area contributed by atoms with Gasteiger partial charge in [-0.1, -0.05) is 0 Å². The molecular formula is C9H17N5O. The third kappa shape index (κ3) is 4.09. The largest absolute Gasteiger partial charge is 0.380 e. The molecule has 1 aromatic heterocycles. The van der Waals surface area contributed by atoms with Crippen LogP contribution in [0.2, 0.25) is 0 Å². The van der Waals surface area contributed by atoms with Crippen molar-refractivity contribution in [1.29, 1.82) is 0 Å². The summed E-state index contributed by atoms with van der Waals surface area (Å²) < 4.78 is 5.20. The van der Waals surface area contributed by atoms with E-state index < -0.39 is 0 Å². The number of nitrogens with zero attached hydrogens (tertiary/aromatic N) is 2. The van der Waals surface area contributed by atoms with E-state index in [4.69, 9.17) is 10.6 Å². The molecule has 15 heavy (non-hydrogen) atoms. The van der Waals surface area contributed by atoms with E-state index in [1.54, 1.807) is 0 Å². The predicted octanol–water partition coefficient (Wildman–Crippen LogP) is 0.519. The Morgan fingerprint density at radius 1 is 1.47 bits per heavy atom. The van der Waals surface area contributed by atoms with E-state index in [9.17, 15) is 0 Å². The van der Waals surface area contributed by atoms with E-state index >= 15 is 0 Å². The molecule has 0 spiro atoms. The first-order valence-corrected chi connectivity index (χ1v) is 4.90. The van der Waals surface area contributed by atoms with E-state index in [-0.39, 0.29) is 0 Å². The zero-order chi connectivity index (χ0) is 11.1. The van der Waals surface area contributed by atoms with Crippen LogP contribution in [-0.2, 0) is 4.74 Å². The Balaban J connectivity index is 2.49. The van der Waals surface area contributed by atoms with Crippen molar-refractivity contribution in [2.75, 3.05) is 30.5 Å². The Bertz CT molecular complexity index is 305. The van der Waals surface area contributed by atoms with E-state index in [1.165, 1.54) is 0 Å². The van der Waals surface area contributed by atoms with Crippen LogP contribution in [0.15, 0.2) is 6.07 Å². The topological polar surface area (TPSA) is 85.1 Å². The van der Waals surface area contributed by atoms with E-state index in [0.29, 0.717) is 19.1 Å². The lowest BCUT2D eigenvalue weighted by Crippen LogP contribution is -2.14. The van der Waals surface area contributed by atoms with Gasteiger partial charge >= 0.3 is 0 Å². The standard InChI is InChI=1S/C9H17N5O/c1-3-15-5-4-11-8-6-7(2)12-9(13-8)14-10/h6H,3-5,10H2,1-2H3,(H2,11,12,13,14). The minimum absolute atomic E-state index is 0.411. The van der Waals surface area contributed by atoms with Crippen LogP contribution in [0.4, 0.5) is 11.8 Å². The maximum Gasteiger partial charge on any atom is 0.239 e. The lowest BCUT2D eigenvalue weighted by atomic mass is 10.4. The number of rotatable bonds is 6. The number of aromatic nitrogens is 2. The zero-order valence-electron chi connectivity index (χ0n) is 9.08. The SMILES string of the molecule is CCOCCNc1cc(C)nc(NN)n1. The maximum absolute atomic E-state index is 5.24. The summed E-state index contributed by atoms with van der Waals surface area (Å²) >= 11 is 0. The number of anilines is 2. The molecule has 1 rings (SSSR count). The quantitative estimate of drug-likeness (QED) is 0.361. The van der Waals surface area contributed by atoms with Crippen molar-refractivity contribution < 1.29 is 4.74 Å². The van der Waals surface area contributed by atoms with Gasteiger partial charge in [-0.15, -0.1) is 0 Å². The average Bonchev–Trinajstić information content (AvgIpc) is 2.23. The lowest BCUT2D eigenvalue weighted by molar-refractivity contribution is 0.158. The van der Waals surface area contributed by atoms with Crippen molar-refractivity contribution >= 4 is 11.8 Å². The van der Waals surface area contributed by atoms with Gasteiger partial charge in [0.2, 0.25) is 5.95 Å². The molecule has 6 heteroatoms. The van der Waals surface area contributed by atoms with E-state index in [0.717, 1.165) is 18.1 Å². The molecule has 0 aliphatic carbocycles. The van der Waals surface area contributed by atoms with Crippen LogP contribution in [0, 0.1) is 6.92 Å². The van der Waals surface area contributed by atoms with Crippen molar-refractivity contribution in [3.8, 4) is 0 Å². The molecule has 0 bridgehead atoms. The maximum atomic E-state index is 5.24. The fourth-order valence-corrected chi connectivity index (χ4v) is 1.12. The van der Waals surface area contributed by atoms with Gasteiger partial charge in [0.15, 0.2) is 0 Å². The summed E-state index contributed by atoms with van der Waals surface area (Å²) in [5.74, 6) is 6.39. The van der Waals surface area contributed by atoms with E-state index in [2.05, 4.69) is 20.7 Å². The number of aryl methyl sites for hydroxylation is 1. The van der Waals surface area contributed by atoms with Crippen LogP contribution in [0.25, 0.3) is 0 Å². The number of hydrazine groups is 1. The molecule has 0 saturated heterocycles. The van der Waals surface area contributed by atoms with Gasteiger partial charge in [0.05, 0.1) is 6.61 Å². The third-order valence-electron chi connectivity index (χ3n) is 1.74. The average molecular weight is 211 g/mol. The van der Waals surface area contributed by atoms with Crippen LogP contribution in [0.1, 0.15) is 12.6 Å². The van der Waals surface area contributed by atoms with Gasteiger partial charge in [-0.05, 0) is 13.8 Å². The Morgan fingerprint density at radius 3 is 2.93 bits per heavy atom. The number of ether oxygens (including phenoxy) is 1. The molecule has 0 fully saturated rings. The van der Waals surface area contributed by atoms with Gasteiger partial charge in [-0.25, -0.2) is 10.8 Å². The number of hydrogen-bond acceptors (Lipinski definition) is 6. The second-order valence-electron chi connectivity index (χ2n) is 2.99. The molecule has 0 saturated carbocycles. The summed E-state index contributed by atoms with van der Waals surface area (Å²) in [6.45, 7) is 5.95. The molecule has 84 valence electrons. The second kappa shape index (κ2) is 6.15. The zero-order valence-corrected chi connectivity index (χ0v) is 9.08. The van der Waals surface area contributed by atoms with Crippen LogP contribution >= 0.6 is 0 Å². The van der Waals surface area contributed by atoms with Gasteiger partial charge in [0.1, 0.15) is 5.82 Å². The minimum atomic E-state index is 0.411. The molecule has 0 aromatic carbocycles. The van der Waals surface area contributed by atoms with Gasteiger partial charge in [-0.3, -0.25) is 5.43 Å². The monoisotopic (exact) mass is 211 g/mol. The molecule has 4 N–H and O–H groups in total. The van der Waals surface area contributed by atoms with Crippen molar-refractivity contribution in [2.45, 2.75) is 13.8 Å². The molecule has 6 nitrogen and oxygen atoms in total. The molecule has 0 amide bonds. The van der Waals surface area contributed by atoms with Gasteiger partial charge in [-0.2, -0.15) is 4.98 Å². The number of nitrogen functional groups attached to an aromatic ring is 1. The molecule has 1 heterocycles. The summed E-state index contributed by atoms with van der Waals surface area (Å²) in [6, 6.07) is 1.85. The number of nitrogens with two attached hydrogens (primary N) is 1. The normalized spacial score (nSPS) is 10.1. The Morgan fingerprint density at radius 2 is 2.27 bits per heavy atom. The molecule has 0 aliphatic rings. The first-order valence-electron chi connectivity index (χ1n) is 4.90. The third-order valence-corrected chi connectivity index (χ3v) is 1.74. The van der Waals surface area contributed by atoms with Crippen molar-refractivity contribution in [3.63, 3.8) is 0 Å². The predicted molar refractivity (Wildman–Crippen MR) is 59.6 cm³/mol. The highest BCUT2D eigenvalue weighted by Crippen LogP contribution is 2.07. The van der Waals surface area contributed by atoms with Crippen molar-refractivity contribution in [1.82, 2.24) is 9.97 Å². The lowest BCUT2D eigenvalue weighted by Gasteiger charge is -2.07. The fourth-order valence-electron chi connectivity index (χ4n) is 1.12. The second-order valence-corrected chi connectivity index (χ2v) is 2.99. The number of hydrogen-bond donors (Lipinski definition) is 3. The molecule has 0 aliphatic heterocycles. The highest BCUT2D eigenvalue weighted by atomic mass is 16.5. The fraction of sp³-hybridized carbons (Fsp3) is 0.556. The van der Waals surface area contributed by atoms with Crippen molar-refractivity contribution in [3.05, 3.63) is 11.8 Å². The van der Waals surface area contributed by atoms with E-state index in [1.807, 2.05) is 19.9 Å². The van der Waals surface area contributed by atoms with Gasteiger partial charge in [0.25, 0.3) is 0 Å². The highest BCUT2D eigenvalue weighted by Gasteiger charge is 1.99. The molecule has 1 aromatic rings. The summed E-state index contributed by atoms with van der Waals surface area (Å²) in [5.41, 5.74) is 3.27. The Labute approximate surface area is 89.2 Å². The molecule has 0 radical (unpaired) electrons. The molecule has 0 atom stereocenters. The van der Waals surface area contributed by atoms with Crippen molar-refractivity contribution in [2.24, 2.45) is 5.84 Å². The Kier molecular flexibility index (Phi) is 4.79. The first kappa shape index (κ1) is 11.7. The van der Waals surface area contributed by atoms with Gasteiger partial charge in [0, 0.05) is 24.9 Å². The van der Waals surface area contributed by atoms with Crippen LogP contribution in [0.3, 0.4) is 0 Å². The summed E-state index contributed by atoms with van der Waals surface area (Å²) in [6.07, 6.45) is 0. The molecular weight excluding hydrogens is 194 g/mol. The first-order chi connectivity index (χ1) is 7.26. The van der Waals surface area contributed by atoms with Crippen LogP contribution in [0.5, 0.6) is 0 Å². The molecule has 0 unspecified atom stereocenters. The summed E-state index contributed by atoms with van der Waals surface area (Å²) in [7, 11) is 0. The van der Waals surface area contributed by atoms with Crippen LogP contribution < -0.4 is 16.6 Å². The summed E-state index contributed by atoms with van der Waals surface area (Å²) in [5, 5.41) is 3.12. The number of nitrogens with one attached hydrogen (secondary N) is 2.